The van der Waals surface area contributed by atoms with Crippen LogP contribution in [-0.4, -0.2) is 31.0 Å². The quantitative estimate of drug-likeness (QED) is 0.750. The standard InChI is InChI=1S/C18H25NO2/c1-3-6-18(20)19-12-5-8-16(14-19)11-10-15-7-4-9-17(13-15)21-2/h3-4,7,9,13,16H,1,5-6,8,10-12,14H2,2H3/t16-/m1/s1. The van der Waals surface area contributed by atoms with Crippen molar-refractivity contribution in [3.8, 4) is 5.75 Å². The molecule has 0 spiro atoms. The maximum absolute atomic E-state index is 11.9. The first-order valence-electron chi connectivity index (χ1n) is 7.74. The highest BCUT2D eigenvalue weighted by Crippen LogP contribution is 2.23. The van der Waals surface area contributed by atoms with Gasteiger partial charge in [-0.15, -0.1) is 6.58 Å². The molecular weight excluding hydrogens is 262 g/mol. The van der Waals surface area contributed by atoms with Crippen molar-refractivity contribution in [3.63, 3.8) is 0 Å². The molecule has 0 N–H and O–H groups in total. The zero-order valence-electron chi connectivity index (χ0n) is 12.9. The van der Waals surface area contributed by atoms with Gasteiger partial charge in [-0.25, -0.2) is 0 Å². The number of carbonyl (C=O) groups excluding carboxylic acids is 1. The van der Waals surface area contributed by atoms with Gasteiger partial charge in [0.2, 0.25) is 5.91 Å². The molecule has 1 aromatic rings. The fraction of sp³-hybridized carbons (Fsp3) is 0.500. The number of hydrogen-bond acceptors (Lipinski definition) is 2. The Morgan fingerprint density at radius 1 is 1.52 bits per heavy atom. The van der Waals surface area contributed by atoms with Gasteiger partial charge in [0.1, 0.15) is 5.75 Å². The van der Waals surface area contributed by atoms with E-state index >= 15 is 0 Å². The summed E-state index contributed by atoms with van der Waals surface area (Å²) < 4.78 is 5.26. The molecule has 1 amide bonds. The molecule has 1 aromatic carbocycles. The molecule has 1 fully saturated rings. The first-order valence-corrected chi connectivity index (χ1v) is 7.74. The normalized spacial score (nSPS) is 18.3. The first-order chi connectivity index (χ1) is 10.2. The van der Waals surface area contributed by atoms with Gasteiger partial charge in [0.15, 0.2) is 0 Å². The van der Waals surface area contributed by atoms with E-state index in [1.54, 1.807) is 13.2 Å². The molecule has 0 unspecified atom stereocenters. The monoisotopic (exact) mass is 287 g/mol. The summed E-state index contributed by atoms with van der Waals surface area (Å²) in [4.78, 5) is 13.9. The van der Waals surface area contributed by atoms with Crippen LogP contribution in [0, 0.1) is 5.92 Å². The van der Waals surface area contributed by atoms with Crippen molar-refractivity contribution < 1.29 is 9.53 Å². The molecular formula is C18H25NO2. The smallest absolute Gasteiger partial charge is 0.226 e. The van der Waals surface area contributed by atoms with Gasteiger partial charge in [0.25, 0.3) is 0 Å². The summed E-state index contributed by atoms with van der Waals surface area (Å²) in [5.41, 5.74) is 1.31. The summed E-state index contributed by atoms with van der Waals surface area (Å²) in [7, 11) is 1.70. The predicted octanol–water partition coefficient (Wildman–Crippen LogP) is 3.44. The lowest BCUT2D eigenvalue weighted by atomic mass is 9.91. The van der Waals surface area contributed by atoms with Crippen molar-refractivity contribution in [2.24, 2.45) is 5.92 Å². The summed E-state index contributed by atoms with van der Waals surface area (Å²) in [6.07, 6.45) is 6.68. The van der Waals surface area contributed by atoms with E-state index in [1.807, 2.05) is 17.0 Å². The van der Waals surface area contributed by atoms with Gasteiger partial charge in [0.05, 0.1) is 7.11 Å². The number of benzene rings is 1. The summed E-state index contributed by atoms with van der Waals surface area (Å²) in [6.45, 7) is 5.45. The van der Waals surface area contributed by atoms with Gasteiger partial charge < -0.3 is 9.64 Å². The second-order valence-corrected chi connectivity index (χ2v) is 5.73. The molecule has 0 aliphatic carbocycles. The summed E-state index contributed by atoms with van der Waals surface area (Å²) in [5, 5.41) is 0. The third-order valence-corrected chi connectivity index (χ3v) is 4.17. The van der Waals surface area contributed by atoms with Crippen LogP contribution in [0.1, 0.15) is 31.2 Å². The predicted molar refractivity (Wildman–Crippen MR) is 85.4 cm³/mol. The largest absolute Gasteiger partial charge is 0.497 e. The number of amides is 1. The van der Waals surface area contributed by atoms with Crippen LogP contribution in [0.4, 0.5) is 0 Å². The van der Waals surface area contributed by atoms with E-state index in [4.69, 9.17) is 4.74 Å². The number of methoxy groups -OCH3 is 1. The molecule has 0 bridgehead atoms. The fourth-order valence-electron chi connectivity index (χ4n) is 2.98. The highest BCUT2D eigenvalue weighted by atomic mass is 16.5. The Kier molecular flexibility index (Phi) is 5.85. The Hall–Kier alpha value is -1.77. The van der Waals surface area contributed by atoms with E-state index < -0.39 is 0 Å². The van der Waals surface area contributed by atoms with Crippen LogP contribution >= 0.6 is 0 Å². The number of piperidine rings is 1. The fourth-order valence-corrected chi connectivity index (χ4v) is 2.98. The Morgan fingerprint density at radius 2 is 2.38 bits per heavy atom. The molecule has 2 rings (SSSR count). The Morgan fingerprint density at radius 3 is 3.14 bits per heavy atom. The maximum atomic E-state index is 11.9. The Balaban J connectivity index is 1.84. The van der Waals surface area contributed by atoms with Crippen LogP contribution < -0.4 is 4.74 Å². The molecule has 0 saturated carbocycles. The van der Waals surface area contributed by atoms with Crippen LogP contribution in [0.5, 0.6) is 5.75 Å². The van der Waals surface area contributed by atoms with Crippen molar-refractivity contribution >= 4 is 5.91 Å². The van der Waals surface area contributed by atoms with Gasteiger partial charge in [-0.3, -0.25) is 4.79 Å². The highest BCUT2D eigenvalue weighted by molar-refractivity contribution is 5.77. The van der Waals surface area contributed by atoms with Crippen molar-refractivity contribution in [3.05, 3.63) is 42.5 Å². The number of nitrogens with zero attached hydrogens (tertiary/aromatic N) is 1. The minimum absolute atomic E-state index is 0.219. The number of carbonyl (C=O) groups is 1. The van der Waals surface area contributed by atoms with Crippen molar-refractivity contribution in [2.75, 3.05) is 20.2 Å². The van der Waals surface area contributed by atoms with E-state index in [1.165, 1.54) is 12.0 Å². The number of hydrogen-bond donors (Lipinski definition) is 0. The maximum Gasteiger partial charge on any atom is 0.226 e. The van der Waals surface area contributed by atoms with Gasteiger partial charge in [-0.1, -0.05) is 18.2 Å². The second-order valence-electron chi connectivity index (χ2n) is 5.73. The molecule has 3 nitrogen and oxygen atoms in total. The first kappa shape index (κ1) is 15.6. The van der Waals surface area contributed by atoms with Crippen LogP contribution in [0.3, 0.4) is 0 Å². The van der Waals surface area contributed by atoms with Gasteiger partial charge in [0, 0.05) is 19.5 Å². The summed E-state index contributed by atoms with van der Waals surface area (Å²) >= 11 is 0. The lowest BCUT2D eigenvalue weighted by Crippen LogP contribution is -2.39. The minimum Gasteiger partial charge on any atom is -0.497 e. The zero-order chi connectivity index (χ0) is 15.1. The van der Waals surface area contributed by atoms with Crippen LogP contribution in [0.2, 0.25) is 0 Å². The molecule has 1 heterocycles. The summed E-state index contributed by atoms with van der Waals surface area (Å²) in [5.74, 6) is 1.74. The SMILES string of the molecule is C=CCC(=O)N1CCC[C@H](CCc2cccc(OC)c2)C1. The molecule has 1 aliphatic rings. The van der Waals surface area contributed by atoms with E-state index in [-0.39, 0.29) is 5.91 Å². The van der Waals surface area contributed by atoms with Crippen molar-refractivity contribution in [1.82, 2.24) is 4.90 Å². The van der Waals surface area contributed by atoms with E-state index in [0.717, 1.165) is 38.1 Å². The molecule has 1 aliphatic heterocycles. The average Bonchev–Trinajstić information content (AvgIpc) is 2.53. The summed E-state index contributed by atoms with van der Waals surface area (Å²) in [6, 6.07) is 8.25. The highest BCUT2D eigenvalue weighted by Gasteiger charge is 2.22. The van der Waals surface area contributed by atoms with Crippen LogP contribution in [0.15, 0.2) is 36.9 Å². The lowest BCUT2D eigenvalue weighted by molar-refractivity contribution is -0.132. The topological polar surface area (TPSA) is 29.5 Å². The molecule has 1 atom stereocenters. The van der Waals surface area contributed by atoms with E-state index in [0.29, 0.717) is 12.3 Å². The van der Waals surface area contributed by atoms with E-state index in [9.17, 15) is 4.79 Å². The van der Waals surface area contributed by atoms with Gasteiger partial charge in [-0.2, -0.15) is 0 Å². The number of likely N-dealkylation sites (tertiary alicyclic amines) is 1. The zero-order valence-corrected chi connectivity index (χ0v) is 12.9. The molecule has 3 heteroatoms. The number of rotatable bonds is 6. The molecule has 1 saturated heterocycles. The molecule has 0 aromatic heterocycles. The number of ether oxygens (including phenoxy) is 1. The third-order valence-electron chi connectivity index (χ3n) is 4.17. The average molecular weight is 287 g/mol. The van der Waals surface area contributed by atoms with Gasteiger partial charge >= 0.3 is 0 Å². The third kappa shape index (κ3) is 4.62. The molecule has 0 radical (unpaired) electrons. The van der Waals surface area contributed by atoms with Gasteiger partial charge in [-0.05, 0) is 49.3 Å². The second kappa shape index (κ2) is 7.87. The Bertz CT molecular complexity index is 484. The molecule has 114 valence electrons. The molecule has 21 heavy (non-hydrogen) atoms. The van der Waals surface area contributed by atoms with Crippen molar-refractivity contribution in [2.45, 2.75) is 32.1 Å². The van der Waals surface area contributed by atoms with Crippen LogP contribution in [-0.2, 0) is 11.2 Å². The lowest BCUT2D eigenvalue weighted by Gasteiger charge is -2.32. The van der Waals surface area contributed by atoms with Crippen LogP contribution in [0.25, 0.3) is 0 Å². The van der Waals surface area contributed by atoms with E-state index in [2.05, 4.69) is 18.7 Å². The van der Waals surface area contributed by atoms with Crippen molar-refractivity contribution in [1.29, 1.82) is 0 Å². The minimum atomic E-state index is 0.219. The number of aryl methyl sites for hydroxylation is 1. The Labute approximate surface area is 127 Å².